The summed E-state index contributed by atoms with van der Waals surface area (Å²) in [4.78, 5) is 2.08. The van der Waals surface area contributed by atoms with E-state index >= 15 is 0 Å². The van der Waals surface area contributed by atoms with Crippen LogP contribution in [0.3, 0.4) is 0 Å². The number of nitrogens with one attached hydrogen (secondary N) is 1. The monoisotopic (exact) mass is 250 g/mol. The van der Waals surface area contributed by atoms with Crippen molar-refractivity contribution in [2.24, 2.45) is 0 Å². The van der Waals surface area contributed by atoms with Gasteiger partial charge in [-0.3, -0.25) is 0 Å². The minimum atomic E-state index is -0.307. The molecule has 1 aromatic carbocycles. The number of para-hydroxylation sites is 1. The maximum Gasteiger partial charge on any atom is 0.169 e. The molecular weight excluding hydrogens is 231 g/mol. The Morgan fingerprint density at radius 2 is 2.17 bits per heavy atom. The summed E-state index contributed by atoms with van der Waals surface area (Å²) in [6.45, 7) is 3.71. The summed E-state index contributed by atoms with van der Waals surface area (Å²) in [5.41, 5.74) is 0.342. The van der Waals surface area contributed by atoms with Gasteiger partial charge in [0.2, 0.25) is 0 Å². The lowest BCUT2D eigenvalue weighted by Gasteiger charge is -2.19. The fraction of sp³-hybridized carbons (Fsp3) is 0.429. The van der Waals surface area contributed by atoms with Crippen molar-refractivity contribution < 1.29 is 8.81 Å². The highest BCUT2D eigenvalue weighted by Crippen LogP contribution is 2.26. The zero-order chi connectivity index (χ0) is 13.1. The number of fused-ring (bicyclic) bond motifs is 1. The Bertz CT molecular complexity index is 521. The first-order chi connectivity index (χ1) is 8.61. The van der Waals surface area contributed by atoms with E-state index in [2.05, 4.69) is 10.2 Å². The SMILES string of the molecule is CCNC(CN(C)C)c1cc2cccc(F)c2o1. The lowest BCUT2D eigenvalue weighted by atomic mass is 10.2. The van der Waals surface area contributed by atoms with E-state index in [0.29, 0.717) is 5.58 Å². The van der Waals surface area contributed by atoms with Crippen LogP contribution in [-0.2, 0) is 0 Å². The summed E-state index contributed by atoms with van der Waals surface area (Å²) < 4.78 is 19.2. The maximum absolute atomic E-state index is 13.6. The molecule has 2 rings (SSSR count). The fourth-order valence-electron chi connectivity index (χ4n) is 2.09. The summed E-state index contributed by atoms with van der Waals surface area (Å²) in [5.74, 6) is 0.476. The van der Waals surface area contributed by atoms with Crippen LogP contribution < -0.4 is 5.32 Å². The molecule has 1 N–H and O–H groups in total. The van der Waals surface area contributed by atoms with Gasteiger partial charge >= 0.3 is 0 Å². The van der Waals surface area contributed by atoms with E-state index in [-0.39, 0.29) is 11.9 Å². The molecule has 0 aliphatic heterocycles. The second-order valence-electron chi connectivity index (χ2n) is 4.68. The number of benzene rings is 1. The van der Waals surface area contributed by atoms with Gasteiger partial charge in [-0.2, -0.15) is 0 Å². The van der Waals surface area contributed by atoms with Crippen molar-refractivity contribution in [2.45, 2.75) is 13.0 Å². The number of hydrogen-bond donors (Lipinski definition) is 1. The fourth-order valence-corrected chi connectivity index (χ4v) is 2.09. The Morgan fingerprint density at radius 3 is 2.78 bits per heavy atom. The van der Waals surface area contributed by atoms with E-state index in [4.69, 9.17) is 4.42 Å². The highest BCUT2D eigenvalue weighted by molar-refractivity contribution is 5.78. The van der Waals surface area contributed by atoms with E-state index in [0.717, 1.165) is 24.2 Å². The molecule has 0 aliphatic rings. The standard InChI is InChI=1S/C14H19FN2O/c1-4-16-12(9-17(2)3)13-8-10-6-5-7-11(15)14(10)18-13/h5-8,12,16H,4,9H2,1-3H3. The molecule has 98 valence electrons. The molecule has 1 heterocycles. The molecule has 0 bridgehead atoms. The first-order valence-electron chi connectivity index (χ1n) is 6.18. The predicted octanol–water partition coefficient (Wildman–Crippen LogP) is 2.78. The average molecular weight is 250 g/mol. The quantitative estimate of drug-likeness (QED) is 0.884. The Kier molecular flexibility index (Phi) is 3.99. The molecule has 0 saturated carbocycles. The van der Waals surface area contributed by atoms with Crippen molar-refractivity contribution in [3.8, 4) is 0 Å². The van der Waals surface area contributed by atoms with E-state index in [1.807, 2.05) is 33.2 Å². The lowest BCUT2D eigenvalue weighted by Crippen LogP contribution is -2.30. The first kappa shape index (κ1) is 13.1. The van der Waals surface area contributed by atoms with Crippen LogP contribution in [0, 0.1) is 5.82 Å². The predicted molar refractivity (Wildman–Crippen MR) is 71.1 cm³/mol. The van der Waals surface area contributed by atoms with Crippen LogP contribution in [0.1, 0.15) is 18.7 Å². The molecule has 0 radical (unpaired) electrons. The third kappa shape index (κ3) is 2.71. The molecule has 2 aromatic rings. The van der Waals surface area contributed by atoms with Gasteiger partial charge in [-0.05, 0) is 32.8 Å². The second-order valence-corrected chi connectivity index (χ2v) is 4.68. The molecule has 0 saturated heterocycles. The van der Waals surface area contributed by atoms with Gasteiger partial charge in [-0.15, -0.1) is 0 Å². The number of hydrogen-bond acceptors (Lipinski definition) is 3. The second kappa shape index (κ2) is 5.50. The van der Waals surface area contributed by atoms with Gasteiger partial charge < -0.3 is 14.6 Å². The molecule has 0 spiro atoms. The van der Waals surface area contributed by atoms with Gasteiger partial charge in [0.25, 0.3) is 0 Å². The molecule has 1 unspecified atom stereocenters. The van der Waals surface area contributed by atoms with E-state index < -0.39 is 0 Å². The number of halogens is 1. The van der Waals surface area contributed by atoms with Gasteiger partial charge in [0.1, 0.15) is 5.76 Å². The minimum Gasteiger partial charge on any atom is -0.456 e. The Hall–Kier alpha value is -1.39. The summed E-state index contributed by atoms with van der Waals surface area (Å²) in [7, 11) is 4.02. The van der Waals surface area contributed by atoms with Crippen molar-refractivity contribution >= 4 is 11.0 Å². The summed E-state index contributed by atoms with van der Waals surface area (Å²) in [6, 6.07) is 6.98. The highest BCUT2D eigenvalue weighted by atomic mass is 19.1. The molecule has 1 aromatic heterocycles. The average Bonchev–Trinajstić information content (AvgIpc) is 2.73. The third-order valence-corrected chi connectivity index (χ3v) is 2.86. The zero-order valence-corrected chi connectivity index (χ0v) is 11.0. The van der Waals surface area contributed by atoms with Crippen LogP contribution in [0.2, 0.25) is 0 Å². The van der Waals surface area contributed by atoms with Crippen LogP contribution in [0.15, 0.2) is 28.7 Å². The van der Waals surface area contributed by atoms with Crippen LogP contribution in [0.25, 0.3) is 11.0 Å². The molecule has 0 fully saturated rings. The van der Waals surface area contributed by atoms with E-state index in [1.165, 1.54) is 6.07 Å². The molecule has 0 aliphatic carbocycles. The number of nitrogens with zero attached hydrogens (tertiary/aromatic N) is 1. The first-order valence-corrected chi connectivity index (χ1v) is 6.18. The van der Waals surface area contributed by atoms with Crippen LogP contribution >= 0.6 is 0 Å². The molecule has 1 atom stereocenters. The Balaban J connectivity index is 2.35. The van der Waals surface area contributed by atoms with E-state index in [9.17, 15) is 4.39 Å². The van der Waals surface area contributed by atoms with Crippen molar-refractivity contribution in [3.05, 3.63) is 35.8 Å². The summed E-state index contributed by atoms with van der Waals surface area (Å²) >= 11 is 0. The smallest absolute Gasteiger partial charge is 0.169 e. The lowest BCUT2D eigenvalue weighted by molar-refractivity contribution is 0.315. The number of rotatable bonds is 5. The molecular formula is C14H19FN2O. The van der Waals surface area contributed by atoms with Crippen molar-refractivity contribution in [3.63, 3.8) is 0 Å². The summed E-state index contributed by atoms with van der Waals surface area (Å²) in [5, 5.41) is 4.16. The van der Waals surface area contributed by atoms with Crippen molar-refractivity contribution in [1.29, 1.82) is 0 Å². The highest BCUT2D eigenvalue weighted by Gasteiger charge is 2.17. The largest absolute Gasteiger partial charge is 0.456 e. The Labute approximate surface area is 107 Å². The van der Waals surface area contributed by atoms with Crippen LogP contribution in [0.4, 0.5) is 4.39 Å². The van der Waals surface area contributed by atoms with Crippen LogP contribution in [0.5, 0.6) is 0 Å². The van der Waals surface area contributed by atoms with Gasteiger partial charge in [0, 0.05) is 11.9 Å². The van der Waals surface area contributed by atoms with Gasteiger partial charge in [0.15, 0.2) is 11.4 Å². The molecule has 0 amide bonds. The summed E-state index contributed by atoms with van der Waals surface area (Å²) in [6.07, 6.45) is 0. The number of furan rings is 1. The maximum atomic E-state index is 13.6. The molecule has 18 heavy (non-hydrogen) atoms. The van der Waals surface area contributed by atoms with Crippen molar-refractivity contribution in [2.75, 3.05) is 27.2 Å². The molecule has 3 nitrogen and oxygen atoms in total. The third-order valence-electron chi connectivity index (χ3n) is 2.86. The minimum absolute atomic E-state index is 0.0804. The normalized spacial score (nSPS) is 13.4. The number of likely N-dealkylation sites (N-methyl/N-ethyl adjacent to an activating group) is 2. The van der Waals surface area contributed by atoms with Gasteiger partial charge in [0.05, 0.1) is 6.04 Å². The van der Waals surface area contributed by atoms with E-state index in [1.54, 1.807) is 6.07 Å². The van der Waals surface area contributed by atoms with Gasteiger partial charge in [-0.25, -0.2) is 4.39 Å². The Morgan fingerprint density at radius 1 is 1.39 bits per heavy atom. The molecule has 4 heteroatoms. The van der Waals surface area contributed by atoms with Crippen molar-refractivity contribution in [1.82, 2.24) is 10.2 Å². The van der Waals surface area contributed by atoms with Gasteiger partial charge in [-0.1, -0.05) is 19.1 Å². The topological polar surface area (TPSA) is 28.4 Å². The van der Waals surface area contributed by atoms with Crippen LogP contribution in [-0.4, -0.2) is 32.1 Å². The zero-order valence-electron chi connectivity index (χ0n) is 11.0.